The minimum Gasteiger partial charge on any atom is -0.468 e. The summed E-state index contributed by atoms with van der Waals surface area (Å²) < 4.78 is 5.36. The topological polar surface area (TPSA) is 25.2 Å². The Balaban J connectivity index is 2.10. The van der Waals surface area contributed by atoms with Crippen LogP contribution in [0.15, 0.2) is 39.8 Å². The van der Waals surface area contributed by atoms with Gasteiger partial charge in [0.15, 0.2) is 0 Å². The van der Waals surface area contributed by atoms with E-state index in [1.54, 1.807) is 6.26 Å². The monoisotopic (exact) mass is 289 g/mol. The van der Waals surface area contributed by atoms with E-state index in [1.165, 1.54) is 21.6 Å². The van der Waals surface area contributed by atoms with Gasteiger partial charge in [0.1, 0.15) is 5.76 Å². The zero-order valence-electron chi connectivity index (χ0n) is 12.7. The van der Waals surface area contributed by atoms with Gasteiger partial charge in [-0.2, -0.15) is 0 Å². The minimum atomic E-state index is 0.374. The quantitative estimate of drug-likeness (QED) is 0.784. The van der Waals surface area contributed by atoms with Gasteiger partial charge in [0.05, 0.1) is 6.26 Å². The number of hydrogen-bond donors (Lipinski definition) is 1. The second-order valence-corrected chi connectivity index (χ2v) is 6.17. The highest BCUT2D eigenvalue weighted by Gasteiger charge is 2.13. The fourth-order valence-electron chi connectivity index (χ4n) is 2.20. The minimum absolute atomic E-state index is 0.374. The SMILES string of the molecule is CCNC(CSc1ccoc1C)c1ccc(C)c(C)c1. The van der Waals surface area contributed by atoms with E-state index in [1.807, 2.05) is 24.8 Å². The Labute approximate surface area is 126 Å². The summed E-state index contributed by atoms with van der Waals surface area (Å²) in [6, 6.07) is 9.16. The van der Waals surface area contributed by atoms with Crippen molar-refractivity contribution in [2.75, 3.05) is 12.3 Å². The molecule has 1 unspecified atom stereocenters. The summed E-state index contributed by atoms with van der Waals surface area (Å²) in [5.74, 6) is 2.02. The molecule has 0 radical (unpaired) electrons. The van der Waals surface area contributed by atoms with E-state index < -0.39 is 0 Å². The Morgan fingerprint density at radius 2 is 1.95 bits per heavy atom. The molecule has 2 aromatic rings. The fourth-order valence-corrected chi connectivity index (χ4v) is 3.26. The van der Waals surface area contributed by atoms with Crippen LogP contribution < -0.4 is 5.32 Å². The number of aryl methyl sites for hydroxylation is 3. The average Bonchev–Trinajstić information content (AvgIpc) is 2.83. The van der Waals surface area contributed by atoms with E-state index in [0.717, 1.165) is 18.1 Å². The van der Waals surface area contributed by atoms with Crippen molar-refractivity contribution in [3.63, 3.8) is 0 Å². The van der Waals surface area contributed by atoms with E-state index in [-0.39, 0.29) is 0 Å². The van der Waals surface area contributed by atoms with Gasteiger partial charge in [0, 0.05) is 16.7 Å². The normalized spacial score (nSPS) is 12.6. The van der Waals surface area contributed by atoms with Crippen molar-refractivity contribution in [3.05, 3.63) is 53.0 Å². The molecule has 2 nitrogen and oxygen atoms in total. The number of benzene rings is 1. The highest BCUT2D eigenvalue weighted by molar-refractivity contribution is 7.99. The smallest absolute Gasteiger partial charge is 0.114 e. The molecule has 0 fully saturated rings. The van der Waals surface area contributed by atoms with Crippen molar-refractivity contribution >= 4 is 11.8 Å². The molecule has 0 aliphatic rings. The zero-order chi connectivity index (χ0) is 14.5. The van der Waals surface area contributed by atoms with Gasteiger partial charge in [-0.3, -0.25) is 0 Å². The molecule has 1 heterocycles. The average molecular weight is 289 g/mol. The molecule has 1 aromatic heterocycles. The molecule has 0 amide bonds. The zero-order valence-corrected chi connectivity index (χ0v) is 13.5. The molecule has 0 saturated heterocycles. The lowest BCUT2D eigenvalue weighted by atomic mass is 10.0. The summed E-state index contributed by atoms with van der Waals surface area (Å²) >= 11 is 1.85. The molecule has 2 rings (SSSR count). The van der Waals surface area contributed by atoms with Crippen LogP contribution in [0.3, 0.4) is 0 Å². The molecule has 108 valence electrons. The van der Waals surface area contributed by atoms with Crippen LogP contribution in [0.2, 0.25) is 0 Å². The first kappa shape index (κ1) is 15.2. The fraction of sp³-hybridized carbons (Fsp3) is 0.412. The van der Waals surface area contributed by atoms with Crippen LogP contribution in [0.5, 0.6) is 0 Å². The summed E-state index contributed by atoms with van der Waals surface area (Å²) in [5.41, 5.74) is 4.07. The third kappa shape index (κ3) is 3.68. The summed E-state index contributed by atoms with van der Waals surface area (Å²) in [4.78, 5) is 1.23. The lowest BCUT2D eigenvalue weighted by Crippen LogP contribution is -2.23. The summed E-state index contributed by atoms with van der Waals surface area (Å²) in [5, 5.41) is 3.58. The van der Waals surface area contributed by atoms with Crippen LogP contribution in [-0.4, -0.2) is 12.3 Å². The van der Waals surface area contributed by atoms with Crippen molar-refractivity contribution < 1.29 is 4.42 Å². The first-order valence-corrected chi connectivity index (χ1v) is 8.07. The van der Waals surface area contributed by atoms with Crippen molar-refractivity contribution in [3.8, 4) is 0 Å². The lowest BCUT2D eigenvalue weighted by molar-refractivity contribution is 0.526. The standard InChI is InChI=1S/C17H23NOS/c1-5-18-16(11-20-17-8-9-19-14(17)4)15-7-6-12(2)13(3)10-15/h6-10,16,18H,5,11H2,1-4H3. The third-order valence-corrected chi connectivity index (χ3v) is 4.84. The maximum atomic E-state index is 5.36. The second-order valence-electron chi connectivity index (χ2n) is 5.11. The van der Waals surface area contributed by atoms with Gasteiger partial charge >= 0.3 is 0 Å². The molecule has 1 atom stereocenters. The molecule has 0 bridgehead atoms. The summed E-state index contributed by atoms with van der Waals surface area (Å²) in [6.45, 7) is 9.48. The van der Waals surface area contributed by atoms with Gasteiger partial charge in [-0.15, -0.1) is 11.8 Å². The lowest BCUT2D eigenvalue weighted by Gasteiger charge is -2.19. The van der Waals surface area contributed by atoms with Crippen LogP contribution in [0.25, 0.3) is 0 Å². The molecular formula is C17H23NOS. The molecule has 1 N–H and O–H groups in total. The molecule has 1 aromatic carbocycles. The van der Waals surface area contributed by atoms with E-state index in [4.69, 9.17) is 4.42 Å². The van der Waals surface area contributed by atoms with E-state index >= 15 is 0 Å². The second kappa shape index (κ2) is 7.00. The molecule has 0 spiro atoms. The van der Waals surface area contributed by atoms with Crippen molar-refractivity contribution in [2.45, 2.75) is 38.6 Å². The molecule has 3 heteroatoms. The van der Waals surface area contributed by atoms with Crippen LogP contribution in [0.4, 0.5) is 0 Å². The Morgan fingerprint density at radius 3 is 2.55 bits per heavy atom. The first-order chi connectivity index (χ1) is 9.61. The van der Waals surface area contributed by atoms with Gasteiger partial charge in [-0.05, 0) is 50.1 Å². The Morgan fingerprint density at radius 1 is 1.15 bits per heavy atom. The Kier molecular flexibility index (Phi) is 5.32. The van der Waals surface area contributed by atoms with Crippen LogP contribution in [-0.2, 0) is 0 Å². The van der Waals surface area contributed by atoms with Crippen LogP contribution >= 0.6 is 11.8 Å². The van der Waals surface area contributed by atoms with Gasteiger partial charge < -0.3 is 9.73 Å². The van der Waals surface area contributed by atoms with Gasteiger partial charge in [0.2, 0.25) is 0 Å². The Bertz CT molecular complexity index is 562. The largest absolute Gasteiger partial charge is 0.468 e. The van der Waals surface area contributed by atoms with Crippen molar-refractivity contribution in [1.82, 2.24) is 5.32 Å². The number of thioether (sulfide) groups is 1. The number of furan rings is 1. The van der Waals surface area contributed by atoms with E-state index in [2.05, 4.69) is 44.3 Å². The molecule has 0 aliphatic carbocycles. The first-order valence-electron chi connectivity index (χ1n) is 7.09. The Hall–Kier alpha value is -1.19. The number of hydrogen-bond acceptors (Lipinski definition) is 3. The molecule has 0 aliphatic heterocycles. The van der Waals surface area contributed by atoms with Crippen LogP contribution in [0.1, 0.15) is 35.4 Å². The van der Waals surface area contributed by atoms with Crippen molar-refractivity contribution in [2.24, 2.45) is 0 Å². The van der Waals surface area contributed by atoms with Gasteiger partial charge in [-0.25, -0.2) is 0 Å². The molecule has 0 saturated carbocycles. The molecular weight excluding hydrogens is 266 g/mol. The predicted octanol–water partition coefficient (Wildman–Crippen LogP) is 4.65. The summed E-state index contributed by atoms with van der Waals surface area (Å²) in [6.07, 6.45) is 1.76. The molecule has 20 heavy (non-hydrogen) atoms. The highest BCUT2D eigenvalue weighted by atomic mass is 32.2. The van der Waals surface area contributed by atoms with Crippen molar-refractivity contribution in [1.29, 1.82) is 0 Å². The third-order valence-electron chi connectivity index (χ3n) is 3.60. The van der Waals surface area contributed by atoms with E-state index in [0.29, 0.717) is 6.04 Å². The number of rotatable bonds is 6. The maximum absolute atomic E-state index is 5.36. The van der Waals surface area contributed by atoms with E-state index in [9.17, 15) is 0 Å². The predicted molar refractivity (Wildman–Crippen MR) is 86.5 cm³/mol. The number of nitrogens with one attached hydrogen (secondary N) is 1. The summed E-state index contributed by atoms with van der Waals surface area (Å²) in [7, 11) is 0. The van der Waals surface area contributed by atoms with Gasteiger partial charge in [0.25, 0.3) is 0 Å². The van der Waals surface area contributed by atoms with Gasteiger partial charge in [-0.1, -0.05) is 25.1 Å². The maximum Gasteiger partial charge on any atom is 0.114 e. The highest BCUT2D eigenvalue weighted by Crippen LogP contribution is 2.28. The van der Waals surface area contributed by atoms with Crippen LogP contribution in [0, 0.1) is 20.8 Å².